The van der Waals surface area contributed by atoms with Crippen molar-refractivity contribution in [2.24, 2.45) is 0 Å². The van der Waals surface area contributed by atoms with Gasteiger partial charge < -0.3 is 4.74 Å². The lowest BCUT2D eigenvalue weighted by molar-refractivity contribution is -0.145. The Labute approximate surface area is 167 Å². The molecule has 1 aliphatic rings. The number of Topliss-reactive ketones (excluding diaryl/α,β-unsaturated/α-hetero) is 1. The summed E-state index contributed by atoms with van der Waals surface area (Å²) in [6.07, 6.45) is 5.87. The summed E-state index contributed by atoms with van der Waals surface area (Å²) in [6, 6.07) is 9.55. The van der Waals surface area contributed by atoms with E-state index in [0.717, 1.165) is 29.8 Å². The number of hydrogen-bond acceptors (Lipinski definition) is 6. The third kappa shape index (κ3) is 4.02. The predicted octanol–water partition coefficient (Wildman–Crippen LogP) is 4.05. The first-order valence-electron chi connectivity index (χ1n) is 9.30. The number of aryl methyl sites for hydroxylation is 2. The van der Waals surface area contributed by atoms with E-state index in [1.807, 2.05) is 35.7 Å². The van der Waals surface area contributed by atoms with Crippen LogP contribution in [-0.2, 0) is 28.8 Å². The molecule has 5 nitrogen and oxygen atoms in total. The van der Waals surface area contributed by atoms with Crippen molar-refractivity contribution in [1.29, 1.82) is 0 Å². The Bertz CT molecular complexity index is 1010. The van der Waals surface area contributed by atoms with Crippen molar-refractivity contribution in [3.63, 3.8) is 0 Å². The van der Waals surface area contributed by atoms with Crippen LogP contribution < -0.4 is 0 Å². The Morgan fingerprint density at radius 3 is 2.89 bits per heavy atom. The molecule has 1 atom stereocenters. The van der Waals surface area contributed by atoms with E-state index in [1.54, 1.807) is 19.3 Å². The molecule has 3 aromatic rings. The quantitative estimate of drug-likeness (QED) is 0.468. The summed E-state index contributed by atoms with van der Waals surface area (Å²) in [4.78, 5) is 33.4. The highest BCUT2D eigenvalue weighted by Gasteiger charge is 2.22. The number of aromatic nitrogens is 2. The van der Waals surface area contributed by atoms with Gasteiger partial charge in [0.25, 0.3) is 0 Å². The summed E-state index contributed by atoms with van der Waals surface area (Å²) in [7, 11) is 0. The van der Waals surface area contributed by atoms with Crippen LogP contribution in [0.4, 0.5) is 0 Å². The van der Waals surface area contributed by atoms with E-state index in [2.05, 4.69) is 9.97 Å². The highest BCUT2D eigenvalue weighted by Crippen LogP contribution is 2.24. The molecule has 0 bridgehead atoms. The number of ether oxygens (including phenoxy) is 1. The number of rotatable bonds is 6. The zero-order chi connectivity index (χ0) is 19.5. The predicted molar refractivity (Wildman–Crippen MR) is 107 cm³/mol. The normalized spacial score (nSPS) is 13.8. The van der Waals surface area contributed by atoms with Crippen LogP contribution in [0.1, 0.15) is 40.5 Å². The third-order valence-electron chi connectivity index (χ3n) is 4.85. The number of benzene rings is 1. The molecule has 1 aliphatic carbocycles. The second kappa shape index (κ2) is 8.02. The van der Waals surface area contributed by atoms with Crippen molar-refractivity contribution in [2.45, 2.75) is 38.7 Å². The maximum atomic E-state index is 12.6. The van der Waals surface area contributed by atoms with Crippen LogP contribution in [0.15, 0.2) is 48.1 Å². The van der Waals surface area contributed by atoms with E-state index in [9.17, 15) is 9.59 Å². The van der Waals surface area contributed by atoms with Crippen molar-refractivity contribution < 1.29 is 14.3 Å². The number of esters is 1. The molecule has 2 heterocycles. The third-order valence-corrected chi connectivity index (χ3v) is 5.79. The Hall–Kier alpha value is -2.86. The van der Waals surface area contributed by atoms with E-state index in [-0.39, 0.29) is 12.2 Å². The molecule has 0 spiro atoms. The fraction of sp³-hybridized carbons (Fsp3) is 0.273. The zero-order valence-corrected chi connectivity index (χ0v) is 16.4. The molecule has 28 heavy (non-hydrogen) atoms. The highest BCUT2D eigenvalue weighted by molar-refractivity contribution is 7.13. The number of carbonyl (C=O) groups excluding carboxylic acids is 2. The first-order chi connectivity index (χ1) is 13.6. The lowest BCUT2D eigenvalue weighted by Crippen LogP contribution is -2.25. The lowest BCUT2D eigenvalue weighted by Gasteiger charge is -2.13. The molecule has 0 saturated heterocycles. The molecule has 142 valence electrons. The smallest absolute Gasteiger partial charge is 0.312 e. The molecular formula is C22H20N2O3S. The van der Waals surface area contributed by atoms with Crippen LogP contribution >= 0.6 is 11.3 Å². The number of thiazole rings is 1. The van der Waals surface area contributed by atoms with Gasteiger partial charge in [0.05, 0.1) is 12.1 Å². The van der Waals surface area contributed by atoms with Gasteiger partial charge in [0.15, 0.2) is 6.10 Å². The van der Waals surface area contributed by atoms with Gasteiger partial charge in [-0.3, -0.25) is 14.6 Å². The van der Waals surface area contributed by atoms with Gasteiger partial charge in [-0.25, -0.2) is 4.98 Å². The summed E-state index contributed by atoms with van der Waals surface area (Å²) in [6.45, 7) is 1.62. The van der Waals surface area contributed by atoms with Crippen LogP contribution in [0.5, 0.6) is 0 Å². The SMILES string of the molecule is C[C@@H](OC(=O)Cc1csc(-c2cccnc2)n1)C(=O)c1ccc2c(c1)CCC2. The second-order valence-corrected chi connectivity index (χ2v) is 7.75. The van der Waals surface area contributed by atoms with E-state index in [1.165, 1.54) is 22.5 Å². The minimum Gasteiger partial charge on any atom is -0.454 e. The first kappa shape index (κ1) is 18.5. The van der Waals surface area contributed by atoms with E-state index < -0.39 is 12.1 Å². The molecule has 0 unspecified atom stereocenters. The topological polar surface area (TPSA) is 69.2 Å². The minimum atomic E-state index is -0.816. The monoisotopic (exact) mass is 392 g/mol. The van der Waals surface area contributed by atoms with Crippen molar-refractivity contribution in [1.82, 2.24) is 9.97 Å². The zero-order valence-electron chi connectivity index (χ0n) is 15.6. The molecular weight excluding hydrogens is 372 g/mol. The standard InChI is InChI=1S/C22H20N2O3S/c1-14(21(26)17-8-7-15-4-2-5-16(15)10-17)27-20(25)11-19-13-28-22(24-19)18-6-3-9-23-12-18/h3,6-10,12-14H,2,4-5,11H2,1H3/t14-/m1/s1. The molecule has 6 heteroatoms. The van der Waals surface area contributed by atoms with Crippen LogP contribution in [0, 0.1) is 0 Å². The molecule has 1 aromatic carbocycles. The Balaban J connectivity index is 1.37. The number of fused-ring (bicyclic) bond motifs is 1. The first-order valence-corrected chi connectivity index (χ1v) is 10.2. The highest BCUT2D eigenvalue weighted by atomic mass is 32.1. The lowest BCUT2D eigenvalue weighted by atomic mass is 10.0. The largest absolute Gasteiger partial charge is 0.454 e. The Kier molecular flexibility index (Phi) is 5.30. The van der Waals surface area contributed by atoms with Gasteiger partial charge in [0.2, 0.25) is 5.78 Å². The Morgan fingerprint density at radius 2 is 2.07 bits per heavy atom. The van der Waals surface area contributed by atoms with E-state index in [4.69, 9.17) is 4.74 Å². The van der Waals surface area contributed by atoms with Gasteiger partial charge >= 0.3 is 5.97 Å². The van der Waals surface area contributed by atoms with Crippen LogP contribution in [0.3, 0.4) is 0 Å². The van der Waals surface area contributed by atoms with Gasteiger partial charge in [-0.1, -0.05) is 12.1 Å². The van der Waals surface area contributed by atoms with Crippen LogP contribution in [0.25, 0.3) is 10.6 Å². The molecule has 0 fully saturated rings. The number of hydrogen-bond donors (Lipinski definition) is 0. The summed E-state index contributed by atoms with van der Waals surface area (Å²) < 4.78 is 5.37. The second-order valence-electron chi connectivity index (χ2n) is 6.90. The fourth-order valence-corrected chi connectivity index (χ4v) is 4.22. The molecule has 2 aromatic heterocycles. The Morgan fingerprint density at radius 1 is 1.21 bits per heavy atom. The number of pyridine rings is 1. The summed E-state index contributed by atoms with van der Waals surface area (Å²) in [5.74, 6) is -0.623. The molecule has 4 rings (SSSR count). The van der Waals surface area contributed by atoms with Crippen LogP contribution in [0.2, 0.25) is 0 Å². The molecule has 0 N–H and O–H groups in total. The minimum absolute atomic E-state index is 0.0402. The number of ketones is 1. The van der Waals surface area contributed by atoms with Gasteiger partial charge in [0.1, 0.15) is 5.01 Å². The summed E-state index contributed by atoms with van der Waals surface area (Å²) in [5.41, 5.74) is 4.69. The van der Waals surface area contributed by atoms with Crippen molar-refractivity contribution >= 4 is 23.1 Å². The average molecular weight is 392 g/mol. The average Bonchev–Trinajstić information content (AvgIpc) is 3.36. The summed E-state index contributed by atoms with van der Waals surface area (Å²) in [5, 5.41) is 2.63. The number of carbonyl (C=O) groups is 2. The van der Waals surface area contributed by atoms with Gasteiger partial charge in [-0.15, -0.1) is 11.3 Å². The maximum Gasteiger partial charge on any atom is 0.312 e. The van der Waals surface area contributed by atoms with E-state index in [0.29, 0.717) is 11.3 Å². The van der Waals surface area contributed by atoms with Crippen molar-refractivity contribution in [3.8, 4) is 10.6 Å². The van der Waals surface area contributed by atoms with Crippen LogP contribution in [-0.4, -0.2) is 27.8 Å². The van der Waals surface area contributed by atoms with Crippen molar-refractivity contribution in [3.05, 3.63) is 70.5 Å². The number of nitrogens with zero attached hydrogens (tertiary/aromatic N) is 2. The summed E-state index contributed by atoms with van der Waals surface area (Å²) >= 11 is 1.45. The molecule has 0 saturated carbocycles. The van der Waals surface area contributed by atoms with E-state index >= 15 is 0 Å². The van der Waals surface area contributed by atoms with Crippen molar-refractivity contribution in [2.75, 3.05) is 0 Å². The molecule has 0 amide bonds. The molecule has 0 aliphatic heterocycles. The van der Waals surface area contributed by atoms with Gasteiger partial charge in [-0.05, 0) is 55.5 Å². The maximum absolute atomic E-state index is 12.6. The van der Waals surface area contributed by atoms with Gasteiger partial charge in [0, 0.05) is 28.9 Å². The molecule has 0 radical (unpaired) electrons. The fourth-order valence-electron chi connectivity index (χ4n) is 3.41. The van der Waals surface area contributed by atoms with Gasteiger partial charge in [-0.2, -0.15) is 0 Å².